The lowest BCUT2D eigenvalue weighted by Gasteiger charge is -2.43. The van der Waals surface area contributed by atoms with E-state index >= 15 is 0 Å². The second-order valence-electron chi connectivity index (χ2n) is 6.65. The van der Waals surface area contributed by atoms with E-state index in [1.807, 2.05) is 0 Å². The standard InChI is InChI=1S/C16H32N2O/c1-3-9-17-13-16(7-5-4-6-8-16)14-18-10-11-19-15(2)12-18/h15,17H,3-14H2,1-2H3. The van der Waals surface area contributed by atoms with Gasteiger partial charge in [0, 0.05) is 26.2 Å². The molecule has 1 atom stereocenters. The summed E-state index contributed by atoms with van der Waals surface area (Å²) >= 11 is 0. The van der Waals surface area contributed by atoms with Gasteiger partial charge in [-0.25, -0.2) is 0 Å². The summed E-state index contributed by atoms with van der Waals surface area (Å²) in [5, 5.41) is 3.69. The van der Waals surface area contributed by atoms with Gasteiger partial charge in [0.1, 0.15) is 0 Å². The zero-order valence-corrected chi connectivity index (χ0v) is 12.9. The first-order valence-electron chi connectivity index (χ1n) is 8.29. The Morgan fingerprint density at radius 3 is 2.74 bits per heavy atom. The molecule has 1 heterocycles. The Morgan fingerprint density at radius 2 is 2.05 bits per heavy atom. The van der Waals surface area contributed by atoms with Crippen LogP contribution in [-0.4, -0.2) is 50.3 Å². The SMILES string of the molecule is CCCNCC1(CN2CCOC(C)C2)CCCCC1. The molecule has 2 fully saturated rings. The highest BCUT2D eigenvalue weighted by atomic mass is 16.5. The molecule has 0 radical (unpaired) electrons. The minimum Gasteiger partial charge on any atom is -0.376 e. The molecule has 1 saturated carbocycles. The van der Waals surface area contributed by atoms with Crippen LogP contribution in [0, 0.1) is 5.41 Å². The van der Waals surface area contributed by atoms with Gasteiger partial charge >= 0.3 is 0 Å². The lowest BCUT2D eigenvalue weighted by atomic mass is 9.73. The van der Waals surface area contributed by atoms with E-state index in [4.69, 9.17) is 4.74 Å². The third-order valence-corrected chi connectivity index (χ3v) is 4.73. The molecule has 0 amide bonds. The van der Waals surface area contributed by atoms with Crippen molar-refractivity contribution in [2.24, 2.45) is 5.41 Å². The summed E-state index contributed by atoms with van der Waals surface area (Å²) in [6.45, 7) is 11.3. The Kier molecular flexibility index (Phi) is 6.11. The van der Waals surface area contributed by atoms with Crippen LogP contribution >= 0.6 is 0 Å². The molecular weight excluding hydrogens is 236 g/mol. The minimum atomic E-state index is 0.415. The molecule has 2 rings (SSSR count). The highest BCUT2D eigenvalue weighted by Crippen LogP contribution is 2.36. The summed E-state index contributed by atoms with van der Waals surface area (Å²) in [4.78, 5) is 2.65. The van der Waals surface area contributed by atoms with Gasteiger partial charge in [0.05, 0.1) is 12.7 Å². The topological polar surface area (TPSA) is 24.5 Å². The van der Waals surface area contributed by atoms with E-state index in [0.717, 1.165) is 19.7 Å². The highest BCUT2D eigenvalue weighted by molar-refractivity contribution is 4.88. The molecule has 0 aromatic carbocycles. The molecule has 19 heavy (non-hydrogen) atoms. The maximum atomic E-state index is 5.67. The van der Waals surface area contributed by atoms with Crippen LogP contribution in [0.2, 0.25) is 0 Å². The van der Waals surface area contributed by atoms with Crippen molar-refractivity contribution in [2.45, 2.75) is 58.5 Å². The van der Waals surface area contributed by atoms with Gasteiger partial charge in [0.15, 0.2) is 0 Å². The first-order chi connectivity index (χ1) is 9.24. The van der Waals surface area contributed by atoms with Gasteiger partial charge in [0.25, 0.3) is 0 Å². The van der Waals surface area contributed by atoms with E-state index in [1.165, 1.54) is 58.2 Å². The predicted molar refractivity (Wildman–Crippen MR) is 80.5 cm³/mol. The molecule has 3 heteroatoms. The lowest BCUT2D eigenvalue weighted by Crippen LogP contribution is -2.50. The number of morpholine rings is 1. The van der Waals surface area contributed by atoms with Gasteiger partial charge in [-0.2, -0.15) is 0 Å². The van der Waals surface area contributed by atoms with Gasteiger partial charge < -0.3 is 10.1 Å². The largest absolute Gasteiger partial charge is 0.376 e. The van der Waals surface area contributed by atoms with Crippen molar-refractivity contribution in [3.8, 4) is 0 Å². The average Bonchev–Trinajstić information content (AvgIpc) is 2.40. The number of nitrogens with one attached hydrogen (secondary N) is 1. The number of nitrogens with zero attached hydrogens (tertiary/aromatic N) is 1. The fraction of sp³-hybridized carbons (Fsp3) is 1.00. The van der Waals surface area contributed by atoms with Crippen LogP contribution < -0.4 is 5.32 Å². The highest BCUT2D eigenvalue weighted by Gasteiger charge is 2.34. The Hall–Kier alpha value is -0.120. The minimum absolute atomic E-state index is 0.415. The quantitative estimate of drug-likeness (QED) is 0.750. The summed E-state index contributed by atoms with van der Waals surface area (Å²) in [6, 6.07) is 0. The second kappa shape index (κ2) is 7.61. The van der Waals surface area contributed by atoms with Gasteiger partial charge in [0.2, 0.25) is 0 Å². The van der Waals surface area contributed by atoms with Crippen molar-refractivity contribution in [1.29, 1.82) is 0 Å². The van der Waals surface area contributed by atoms with E-state index in [0.29, 0.717) is 11.5 Å². The van der Waals surface area contributed by atoms with Crippen LogP contribution in [0.15, 0.2) is 0 Å². The van der Waals surface area contributed by atoms with Crippen molar-refractivity contribution in [3.05, 3.63) is 0 Å². The molecular formula is C16H32N2O. The van der Waals surface area contributed by atoms with Crippen molar-refractivity contribution < 1.29 is 4.74 Å². The maximum Gasteiger partial charge on any atom is 0.0674 e. The van der Waals surface area contributed by atoms with Crippen molar-refractivity contribution in [2.75, 3.05) is 39.3 Å². The zero-order valence-electron chi connectivity index (χ0n) is 12.9. The van der Waals surface area contributed by atoms with Crippen LogP contribution in [-0.2, 0) is 4.74 Å². The molecule has 1 unspecified atom stereocenters. The van der Waals surface area contributed by atoms with Crippen LogP contribution in [0.5, 0.6) is 0 Å². The van der Waals surface area contributed by atoms with Crippen molar-refractivity contribution in [1.82, 2.24) is 10.2 Å². The molecule has 112 valence electrons. The van der Waals surface area contributed by atoms with Crippen molar-refractivity contribution >= 4 is 0 Å². The van der Waals surface area contributed by atoms with E-state index < -0.39 is 0 Å². The molecule has 1 aliphatic heterocycles. The summed E-state index contributed by atoms with van der Waals surface area (Å²) in [6.07, 6.45) is 8.77. The smallest absolute Gasteiger partial charge is 0.0674 e. The molecule has 3 nitrogen and oxygen atoms in total. The Balaban J connectivity index is 1.88. The summed E-state index contributed by atoms with van der Waals surface area (Å²) in [5.74, 6) is 0. The van der Waals surface area contributed by atoms with Crippen LogP contribution in [0.25, 0.3) is 0 Å². The Labute approximate surface area is 119 Å². The van der Waals surface area contributed by atoms with Gasteiger partial charge in [-0.05, 0) is 38.1 Å². The molecule has 0 bridgehead atoms. The lowest BCUT2D eigenvalue weighted by molar-refractivity contribution is -0.0368. The van der Waals surface area contributed by atoms with Crippen LogP contribution in [0.3, 0.4) is 0 Å². The number of ether oxygens (including phenoxy) is 1. The first kappa shape index (κ1) is 15.3. The summed E-state index contributed by atoms with van der Waals surface area (Å²) < 4.78 is 5.67. The van der Waals surface area contributed by atoms with E-state index in [2.05, 4.69) is 24.1 Å². The van der Waals surface area contributed by atoms with Gasteiger partial charge in [-0.15, -0.1) is 0 Å². The summed E-state index contributed by atoms with van der Waals surface area (Å²) in [7, 11) is 0. The Morgan fingerprint density at radius 1 is 1.26 bits per heavy atom. The third kappa shape index (κ3) is 4.73. The Bertz CT molecular complexity index is 251. The number of hydrogen-bond donors (Lipinski definition) is 1. The second-order valence-corrected chi connectivity index (χ2v) is 6.65. The monoisotopic (exact) mass is 268 g/mol. The van der Waals surface area contributed by atoms with E-state index in [-0.39, 0.29) is 0 Å². The van der Waals surface area contributed by atoms with Gasteiger partial charge in [-0.3, -0.25) is 4.90 Å². The molecule has 1 N–H and O–H groups in total. The molecule has 0 spiro atoms. The van der Waals surface area contributed by atoms with Gasteiger partial charge in [-0.1, -0.05) is 26.2 Å². The molecule has 0 aromatic rings. The van der Waals surface area contributed by atoms with Crippen molar-refractivity contribution in [3.63, 3.8) is 0 Å². The van der Waals surface area contributed by atoms with E-state index in [9.17, 15) is 0 Å². The number of rotatable bonds is 6. The maximum absolute atomic E-state index is 5.67. The molecule has 1 aliphatic carbocycles. The average molecular weight is 268 g/mol. The summed E-state index contributed by atoms with van der Waals surface area (Å²) in [5.41, 5.74) is 0.532. The first-order valence-corrected chi connectivity index (χ1v) is 8.29. The predicted octanol–water partition coefficient (Wildman–Crippen LogP) is 2.66. The molecule has 0 aromatic heterocycles. The van der Waals surface area contributed by atoms with Crippen LogP contribution in [0.1, 0.15) is 52.4 Å². The van der Waals surface area contributed by atoms with Crippen LogP contribution in [0.4, 0.5) is 0 Å². The third-order valence-electron chi connectivity index (χ3n) is 4.73. The van der Waals surface area contributed by atoms with E-state index in [1.54, 1.807) is 0 Å². The molecule has 1 saturated heterocycles. The fourth-order valence-electron chi connectivity index (χ4n) is 3.73. The number of hydrogen-bond acceptors (Lipinski definition) is 3. The normalized spacial score (nSPS) is 28.4. The zero-order chi connectivity index (χ0) is 13.6. The fourth-order valence-corrected chi connectivity index (χ4v) is 3.73. The molecule has 2 aliphatic rings.